The van der Waals surface area contributed by atoms with Gasteiger partial charge in [0.2, 0.25) is 0 Å². The van der Waals surface area contributed by atoms with Gasteiger partial charge in [-0.15, -0.1) is 0 Å². The molecule has 1 saturated heterocycles. The van der Waals surface area contributed by atoms with Gasteiger partial charge in [-0.25, -0.2) is 0 Å². The van der Waals surface area contributed by atoms with Crippen LogP contribution in [0.4, 0.5) is 0 Å². The maximum atomic E-state index is 13.6. The van der Waals surface area contributed by atoms with Crippen molar-refractivity contribution in [2.45, 2.75) is 53.0 Å². The molecular weight excluding hydrogens is 410 g/mol. The Labute approximate surface area is 194 Å². The summed E-state index contributed by atoms with van der Waals surface area (Å²) >= 11 is 0. The normalized spacial score (nSPS) is 16.5. The molecule has 1 aromatic carbocycles. The van der Waals surface area contributed by atoms with Crippen LogP contribution in [0.1, 0.15) is 58.7 Å². The molecule has 1 aliphatic heterocycles. The van der Waals surface area contributed by atoms with Crippen molar-refractivity contribution in [3.05, 3.63) is 70.9 Å². The lowest BCUT2D eigenvalue weighted by Gasteiger charge is -2.33. The predicted octanol–water partition coefficient (Wildman–Crippen LogP) is 5.39. The molecule has 0 bridgehead atoms. The summed E-state index contributed by atoms with van der Waals surface area (Å²) in [5.74, 6) is 0.353. The SMILES string of the molecule is CCn1nc(C)c(C(=O)N2CCCC(c3[nH]c4c(C)cccc4c3-c3ccncc3)C2)c1C. The highest BCUT2D eigenvalue weighted by atomic mass is 16.2. The van der Waals surface area contributed by atoms with Gasteiger partial charge in [0.25, 0.3) is 5.91 Å². The van der Waals surface area contributed by atoms with Gasteiger partial charge in [-0.2, -0.15) is 5.10 Å². The number of para-hydroxylation sites is 1. The van der Waals surface area contributed by atoms with Crippen LogP contribution < -0.4 is 0 Å². The number of carbonyl (C=O) groups excluding carboxylic acids is 1. The van der Waals surface area contributed by atoms with E-state index in [1.807, 2.05) is 35.8 Å². The number of likely N-dealkylation sites (tertiary alicyclic amines) is 1. The number of aromatic amines is 1. The number of nitrogens with zero attached hydrogens (tertiary/aromatic N) is 4. The maximum absolute atomic E-state index is 13.6. The molecule has 5 rings (SSSR count). The van der Waals surface area contributed by atoms with E-state index in [0.29, 0.717) is 6.54 Å². The van der Waals surface area contributed by atoms with E-state index >= 15 is 0 Å². The molecule has 3 aromatic heterocycles. The van der Waals surface area contributed by atoms with E-state index in [9.17, 15) is 4.79 Å². The number of carbonyl (C=O) groups is 1. The van der Waals surface area contributed by atoms with Crippen LogP contribution in [0.25, 0.3) is 22.0 Å². The zero-order valence-electron chi connectivity index (χ0n) is 19.9. The summed E-state index contributed by atoms with van der Waals surface area (Å²) in [6.07, 6.45) is 5.74. The van der Waals surface area contributed by atoms with Crippen molar-refractivity contribution in [1.29, 1.82) is 0 Å². The Kier molecular flexibility index (Phi) is 5.52. The van der Waals surface area contributed by atoms with Gasteiger partial charge in [-0.3, -0.25) is 14.5 Å². The molecule has 1 fully saturated rings. The van der Waals surface area contributed by atoms with Crippen LogP contribution in [0.5, 0.6) is 0 Å². The molecule has 1 N–H and O–H groups in total. The average Bonchev–Trinajstić information content (AvgIpc) is 3.37. The lowest BCUT2D eigenvalue weighted by atomic mass is 9.89. The number of hydrogen-bond acceptors (Lipinski definition) is 3. The second kappa shape index (κ2) is 8.50. The molecule has 6 nitrogen and oxygen atoms in total. The number of H-pyrrole nitrogens is 1. The standard InChI is InChI=1S/C27H31N5O/c1-5-32-19(4)23(18(3)30-32)27(33)31-15-7-9-21(16-31)26-24(20-11-13-28-14-12-20)22-10-6-8-17(2)25(22)29-26/h6,8,10-14,21,29H,5,7,9,15-16H2,1-4H3. The second-order valence-electron chi connectivity index (χ2n) is 9.10. The fourth-order valence-electron chi connectivity index (χ4n) is 5.39. The third-order valence-electron chi connectivity index (χ3n) is 7.05. The van der Waals surface area contributed by atoms with Crippen molar-refractivity contribution in [1.82, 2.24) is 24.6 Å². The number of rotatable bonds is 4. The topological polar surface area (TPSA) is 66.8 Å². The van der Waals surface area contributed by atoms with Gasteiger partial charge in [-0.05, 0) is 63.8 Å². The molecule has 0 saturated carbocycles. The quantitative estimate of drug-likeness (QED) is 0.462. The molecule has 0 spiro atoms. The molecule has 170 valence electrons. The fourth-order valence-corrected chi connectivity index (χ4v) is 5.39. The second-order valence-corrected chi connectivity index (χ2v) is 9.10. The first-order valence-corrected chi connectivity index (χ1v) is 11.8. The fraction of sp³-hybridized carbons (Fsp3) is 0.370. The van der Waals surface area contributed by atoms with Gasteiger partial charge in [-0.1, -0.05) is 18.2 Å². The summed E-state index contributed by atoms with van der Waals surface area (Å²) < 4.78 is 1.92. The van der Waals surface area contributed by atoms with Crippen LogP contribution in [-0.2, 0) is 6.54 Å². The number of fused-ring (bicyclic) bond motifs is 1. The zero-order valence-corrected chi connectivity index (χ0v) is 19.9. The molecule has 0 aliphatic carbocycles. The van der Waals surface area contributed by atoms with E-state index in [4.69, 9.17) is 0 Å². The van der Waals surface area contributed by atoms with Crippen LogP contribution in [0.2, 0.25) is 0 Å². The van der Waals surface area contributed by atoms with Gasteiger partial charge in [0.15, 0.2) is 0 Å². The van der Waals surface area contributed by atoms with Crippen molar-refractivity contribution < 1.29 is 4.79 Å². The van der Waals surface area contributed by atoms with Crippen molar-refractivity contribution in [3.63, 3.8) is 0 Å². The van der Waals surface area contributed by atoms with E-state index in [1.54, 1.807) is 0 Å². The van der Waals surface area contributed by atoms with E-state index in [2.05, 4.69) is 59.2 Å². The molecule has 4 heterocycles. The number of pyridine rings is 1. The number of benzene rings is 1. The van der Waals surface area contributed by atoms with Gasteiger partial charge in [0.1, 0.15) is 0 Å². The number of nitrogens with one attached hydrogen (secondary N) is 1. The van der Waals surface area contributed by atoms with E-state index in [1.165, 1.54) is 27.7 Å². The number of aryl methyl sites for hydroxylation is 3. The van der Waals surface area contributed by atoms with Gasteiger partial charge in [0.05, 0.1) is 11.3 Å². The highest BCUT2D eigenvalue weighted by Crippen LogP contribution is 2.40. The number of hydrogen-bond donors (Lipinski definition) is 1. The van der Waals surface area contributed by atoms with Crippen LogP contribution in [0.3, 0.4) is 0 Å². The highest BCUT2D eigenvalue weighted by molar-refractivity contribution is 5.99. The monoisotopic (exact) mass is 441 g/mol. The van der Waals surface area contributed by atoms with Gasteiger partial charge >= 0.3 is 0 Å². The van der Waals surface area contributed by atoms with Crippen LogP contribution in [0, 0.1) is 20.8 Å². The average molecular weight is 442 g/mol. The first-order valence-electron chi connectivity index (χ1n) is 11.8. The predicted molar refractivity (Wildman–Crippen MR) is 132 cm³/mol. The summed E-state index contributed by atoms with van der Waals surface area (Å²) in [4.78, 5) is 23.6. The van der Waals surface area contributed by atoms with Crippen LogP contribution in [0.15, 0.2) is 42.7 Å². The number of aromatic nitrogens is 4. The minimum atomic E-state index is 0.104. The Hall–Kier alpha value is -3.41. The third-order valence-corrected chi connectivity index (χ3v) is 7.05. The van der Waals surface area contributed by atoms with Crippen LogP contribution in [-0.4, -0.2) is 43.6 Å². The molecule has 4 aromatic rings. The van der Waals surface area contributed by atoms with Crippen molar-refractivity contribution in [3.8, 4) is 11.1 Å². The highest BCUT2D eigenvalue weighted by Gasteiger charge is 2.31. The molecular formula is C27H31N5O. The zero-order chi connectivity index (χ0) is 23.1. The van der Waals surface area contributed by atoms with E-state index in [0.717, 1.165) is 48.4 Å². The summed E-state index contributed by atoms with van der Waals surface area (Å²) in [6.45, 7) is 10.4. The largest absolute Gasteiger partial charge is 0.357 e. The number of amides is 1. The first kappa shape index (κ1) is 21.4. The molecule has 1 unspecified atom stereocenters. The summed E-state index contributed by atoms with van der Waals surface area (Å²) in [5.41, 5.74) is 8.58. The van der Waals surface area contributed by atoms with Gasteiger partial charge in [0, 0.05) is 65.8 Å². The Morgan fingerprint density at radius 3 is 2.67 bits per heavy atom. The molecule has 6 heteroatoms. The molecule has 1 atom stereocenters. The molecule has 1 amide bonds. The lowest BCUT2D eigenvalue weighted by molar-refractivity contribution is 0.0704. The van der Waals surface area contributed by atoms with Crippen molar-refractivity contribution in [2.24, 2.45) is 0 Å². The van der Waals surface area contributed by atoms with Crippen LogP contribution >= 0.6 is 0 Å². The minimum Gasteiger partial charge on any atom is -0.357 e. The molecule has 1 aliphatic rings. The Morgan fingerprint density at radius 2 is 1.94 bits per heavy atom. The number of piperidine rings is 1. The smallest absolute Gasteiger partial charge is 0.257 e. The third kappa shape index (κ3) is 3.63. The summed E-state index contributed by atoms with van der Waals surface area (Å²) in [6, 6.07) is 10.6. The van der Waals surface area contributed by atoms with Gasteiger partial charge < -0.3 is 9.88 Å². The van der Waals surface area contributed by atoms with Crippen molar-refractivity contribution in [2.75, 3.05) is 13.1 Å². The summed E-state index contributed by atoms with van der Waals surface area (Å²) in [7, 11) is 0. The van der Waals surface area contributed by atoms with E-state index in [-0.39, 0.29) is 11.8 Å². The first-order chi connectivity index (χ1) is 16.0. The Balaban J connectivity index is 1.54. The van der Waals surface area contributed by atoms with E-state index < -0.39 is 0 Å². The van der Waals surface area contributed by atoms with Crippen molar-refractivity contribution >= 4 is 16.8 Å². The summed E-state index contributed by atoms with van der Waals surface area (Å²) in [5, 5.41) is 5.80. The Bertz CT molecular complexity index is 1320. The lowest BCUT2D eigenvalue weighted by Crippen LogP contribution is -2.39. The maximum Gasteiger partial charge on any atom is 0.257 e. The Morgan fingerprint density at radius 1 is 1.15 bits per heavy atom. The molecule has 0 radical (unpaired) electrons. The molecule has 33 heavy (non-hydrogen) atoms. The minimum absolute atomic E-state index is 0.104.